The third-order valence-electron chi connectivity index (χ3n) is 2.40. The monoisotopic (exact) mass is 186 g/mol. The van der Waals surface area contributed by atoms with Gasteiger partial charge in [0.15, 0.2) is 0 Å². The van der Waals surface area contributed by atoms with Crippen molar-refractivity contribution in [3.63, 3.8) is 0 Å². The molecule has 0 aromatic heterocycles. The first kappa shape index (κ1) is 12.7. The highest BCUT2D eigenvalue weighted by Gasteiger charge is 2.24. The smallest absolute Gasteiger partial charge is 0.0772 e. The van der Waals surface area contributed by atoms with Crippen molar-refractivity contribution in [1.82, 2.24) is 0 Å². The van der Waals surface area contributed by atoms with Crippen molar-refractivity contribution < 1.29 is 10.2 Å². The topological polar surface area (TPSA) is 40.5 Å². The van der Waals surface area contributed by atoms with E-state index in [-0.39, 0.29) is 12.0 Å². The second-order valence-corrected chi connectivity index (χ2v) is 4.15. The zero-order valence-electron chi connectivity index (χ0n) is 8.95. The first-order valence-corrected chi connectivity index (χ1v) is 5.00. The minimum Gasteiger partial charge on any atom is -0.392 e. The summed E-state index contributed by atoms with van der Waals surface area (Å²) in [6, 6.07) is 0. The fourth-order valence-electron chi connectivity index (χ4n) is 1.23. The summed E-state index contributed by atoms with van der Waals surface area (Å²) in [7, 11) is 0. The minimum atomic E-state index is -0.453. The second-order valence-electron chi connectivity index (χ2n) is 4.15. The highest BCUT2D eigenvalue weighted by atomic mass is 16.3. The third-order valence-corrected chi connectivity index (χ3v) is 2.40. The number of hydrogen-bond donors (Lipinski definition) is 2. The van der Waals surface area contributed by atoms with Crippen LogP contribution in [0.25, 0.3) is 0 Å². The highest BCUT2D eigenvalue weighted by Crippen LogP contribution is 2.28. The lowest BCUT2D eigenvalue weighted by molar-refractivity contribution is 0.0810. The van der Waals surface area contributed by atoms with Crippen LogP contribution in [0.15, 0.2) is 12.2 Å². The van der Waals surface area contributed by atoms with E-state index >= 15 is 0 Å². The van der Waals surface area contributed by atoms with Crippen LogP contribution in [0.1, 0.15) is 40.0 Å². The van der Waals surface area contributed by atoms with Crippen LogP contribution in [0, 0.1) is 5.41 Å². The Morgan fingerprint density at radius 3 is 2.46 bits per heavy atom. The molecule has 78 valence electrons. The van der Waals surface area contributed by atoms with Crippen molar-refractivity contribution in [2.24, 2.45) is 5.41 Å². The molecular formula is C11H22O2. The van der Waals surface area contributed by atoms with Gasteiger partial charge in [-0.3, -0.25) is 0 Å². The Labute approximate surface area is 81.3 Å². The molecule has 0 aromatic rings. The predicted octanol–water partition coefficient (Wildman–Crippen LogP) is 2.11. The molecule has 0 aliphatic rings. The Morgan fingerprint density at radius 2 is 2.00 bits per heavy atom. The van der Waals surface area contributed by atoms with Crippen molar-refractivity contribution in [3.8, 4) is 0 Å². The van der Waals surface area contributed by atoms with Gasteiger partial charge in [-0.05, 0) is 11.8 Å². The standard InChI is InChI=1S/C11H22O2/c1-4-5-8-11(2,3)10(13)7-6-9-12/h6-7,10,12-13H,4-5,8-9H2,1-3H3. The second kappa shape index (κ2) is 6.17. The first-order valence-electron chi connectivity index (χ1n) is 5.00. The Morgan fingerprint density at radius 1 is 1.38 bits per heavy atom. The van der Waals surface area contributed by atoms with Crippen molar-refractivity contribution in [1.29, 1.82) is 0 Å². The van der Waals surface area contributed by atoms with Gasteiger partial charge in [0.05, 0.1) is 12.7 Å². The number of unbranched alkanes of at least 4 members (excludes halogenated alkanes) is 1. The van der Waals surface area contributed by atoms with Crippen LogP contribution in [-0.4, -0.2) is 22.9 Å². The fraction of sp³-hybridized carbons (Fsp3) is 0.818. The van der Waals surface area contributed by atoms with Gasteiger partial charge in [-0.2, -0.15) is 0 Å². The molecule has 0 rings (SSSR count). The molecule has 2 nitrogen and oxygen atoms in total. The van der Waals surface area contributed by atoms with Gasteiger partial charge in [0.2, 0.25) is 0 Å². The Kier molecular flexibility index (Phi) is 6.00. The lowest BCUT2D eigenvalue weighted by Gasteiger charge is -2.28. The van der Waals surface area contributed by atoms with Gasteiger partial charge in [0.25, 0.3) is 0 Å². The van der Waals surface area contributed by atoms with Crippen molar-refractivity contribution >= 4 is 0 Å². The van der Waals surface area contributed by atoms with Crippen molar-refractivity contribution in [2.45, 2.75) is 46.1 Å². The van der Waals surface area contributed by atoms with Gasteiger partial charge in [-0.15, -0.1) is 0 Å². The zero-order chi connectivity index (χ0) is 10.3. The van der Waals surface area contributed by atoms with Crippen LogP contribution in [0.5, 0.6) is 0 Å². The summed E-state index contributed by atoms with van der Waals surface area (Å²) in [4.78, 5) is 0. The van der Waals surface area contributed by atoms with E-state index in [4.69, 9.17) is 5.11 Å². The quantitative estimate of drug-likeness (QED) is 0.624. The van der Waals surface area contributed by atoms with Gasteiger partial charge in [0, 0.05) is 0 Å². The molecule has 2 heteroatoms. The number of hydrogen-bond acceptors (Lipinski definition) is 2. The summed E-state index contributed by atoms with van der Waals surface area (Å²) in [5.74, 6) is 0. The average molecular weight is 186 g/mol. The molecule has 0 heterocycles. The average Bonchev–Trinajstić information content (AvgIpc) is 2.10. The molecular weight excluding hydrogens is 164 g/mol. The zero-order valence-corrected chi connectivity index (χ0v) is 8.95. The van der Waals surface area contributed by atoms with Gasteiger partial charge in [0.1, 0.15) is 0 Å². The fourth-order valence-corrected chi connectivity index (χ4v) is 1.23. The molecule has 0 aromatic carbocycles. The van der Waals surface area contributed by atoms with E-state index in [1.807, 2.05) is 0 Å². The first-order chi connectivity index (χ1) is 6.04. The normalized spacial score (nSPS) is 15.2. The maximum Gasteiger partial charge on any atom is 0.0772 e. The lowest BCUT2D eigenvalue weighted by atomic mass is 9.81. The number of aliphatic hydroxyl groups is 2. The molecule has 0 aliphatic heterocycles. The molecule has 0 fully saturated rings. The van der Waals surface area contributed by atoms with Crippen LogP contribution in [-0.2, 0) is 0 Å². The van der Waals surface area contributed by atoms with E-state index in [1.165, 1.54) is 0 Å². The van der Waals surface area contributed by atoms with Crippen LogP contribution < -0.4 is 0 Å². The molecule has 0 aliphatic carbocycles. The maximum absolute atomic E-state index is 9.74. The summed E-state index contributed by atoms with van der Waals surface area (Å²) >= 11 is 0. The number of rotatable bonds is 6. The van der Waals surface area contributed by atoms with Crippen LogP contribution in [0.4, 0.5) is 0 Å². The van der Waals surface area contributed by atoms with Crippen molar-refractivity contribution in [3.05, 3.63) is 12.2 Å². The molecule has 1 unspecified atom stereocenters. The molecule has 0 saturated carbocycles. The largest absolute Gasteiger partial charge is 0.392 e. The molecule has 0 radical (unpaired) electrons. The van der Waals surface area contributed by atoms with Gasteiger partial charge >= 0.3 is 0 Å². The van der Waals surface area contributed by atoms with Gasteiger partial charge < -0.3 is 10.2 Å². The molecule has 0 spiro atoms. The Balaban J connectivity index is 4.01. The Hall–Kier alpha value is -0.340. The van der Waals surface area contributed by atoms with E-state index in [0.29, 0.717) is 0 Å². The Bertz CT molecular complexity index is 150. The molecule has 13 heavy (non-hydrogen) atoms. The molecule has 1 atom stereocenters. The van der Waals surface area contributed by atoms with Gasteiger partial charge in [-0.25, -0.2) is 0 Å². The lowest BCUT2D eigenvalue weighted by Crippen LogP contribution is -2.27. The molecule has 2 N–H and O–H groups in total. The predicted molar refractivity (Wildman–Crippen MR) is 55.5 cm³/mol. The third kappa shape index (κ3) is 5.06. The summed E-state index contributed by atoms with van der Waals surface area (Å²) in [6.45, 7) is 6.25. The van der Waals surface area contributed by atoms with Crippen molar-refractivity contribution in [2.75, 3.05) is 6.61 Å². The summed E-state index contributed by atoms with van der Waals surface area (Å²) < 4.78 is 0. The van der Waals surface area contributed by atoms with E-state index in [2.05, 4.69) is 20.8 Å². The minimum absolute atomic E-state index is 0.000910. The number of aliphatic hydroxyl groups excluding tert-OH is 2. The van der Waals surface area contributed by atoms with Crippen LogP contribution in [0.3, 0.4) is 0 Å². The maximum atomic E-state index is 9.74. The summed E-state index contributed by atoms with van der Waals surface area (Å²) in [5.41, 5.74) is -0.0817. The highest BCUT2D eigenvalue weighted by molar-refractivity contribution is 4.95. The van der Waals surface area contributed by atoms with Crippen LogP contribution in [0.2, 0.25) is 0 Å². The van der Waals surface area contributed by atoms with E-state index in [0.717, 1.165) is 19.3 Å². The molecule has 0 bridgehead atoms. The summed E-state index contributed by atoms with van der Waals surface area (Å²) in [5, 5.41) is 18.3. The molecule has 0 saturated heterocycles. The van der Waals surface area contributed by atoms with Gasteiger partial charge in [-0.1, -0.05) is 45.8 Å². The SMILES string of the molecule is CCCCC(C)(C)C(O)C=CCO. The molecule has 0 amide bonds. The van der Waals surface area contributed by atoms with E-state index in [9.17, 15) is 5.11 Å². The van der Waals surface area contributed by atoms with E-state index < -0.39 is 6.10 Å². The van der Waals surface area contributed by atoms with E-state index in [1.54, 1.807) is 12.2 Å². The summed E-state index contributed by atoms with van der Waals surface area (Å²) in [6.07, 6.45) is 6.12. The van der Waals surface area contributed by atoms with Crippen LogP contribution >= 0.6 is 0 Å².